The first kappa shape index (κ1) is 11.2. The molecule has 0 aromatic rings. The van der Waals surface area contributed by atoms with Gasteiger partial charge in [0.2, 0.25) is 11.5 Å². The van der Waals surface area contributed by atoms with Gasteiger partial charge in [0.05, 0.1) is 7.11 Å². The van der Waals surface area contributed by atoms with Crippen molar-refractivity contribution in [2.24, 2.45) is 5.92 Å². The molecule has 4 nitrogen and oxygen atoms in total. The number of ketones is 1. The van der Waals surface area contributed by atoms with Crippen LogP contribution in [0.2, 0.25) is 0 Å². The van der Waals surface area contributed by atoms with Crippen molar-refractivity contribution in [3.05, 3.63) is 11.8 Å². The molecule has 16 heavy (non-hydrogen) atoms. The molecule has 1 aliphatic carbocycles. The largest absolute Gasteiger partial charge is 0.472 e. The Balaban J connectivity index is 2.15. The Labute approximate surface area is 94.6 Å². The Morgan fingerprint density at radius 1 is 1.50 bits per heavy atom. The molecule has 88 valence electrons. The normalized spacial score (nSPS) is 30.1. The highest BCUT2D eigenvalue weighted by Crippen LogP contribution is 2.41. The maximum atomic E-state index is 11.9. The van der Waals surface area contributed by atoms with Gasteiger partial charge in [0.25, 0.3) is 0 Å². The predicted octanol–water partition coefficient (Wildman–Crippen LogP) is 1.59. The summed E-state index contributed by atoms with van der Waals surface area (Å²) < 4.78 is 10.1. The quantitative estimate of drug-likeness (QED) is 0.668. The summed E-state index contributed by atoms with van der Waals surface area (Å²) in [5.74, 6) is -0.421. The fourth-order valence-electron chi connectivity index (χ4n) is 2.53. The van der Waals surface area contributed by atoms with Crippen molar-refractivity contribution in [3.63, 3.8) is 0 Å². The van der Waals surface area contributed by atoms with Gasteiger partial charge in [-0.2, -0.15) is 0 Å². The van der Waals surface area contributed by atoms with Crippen LogP contribution in [-0.2, 0) is 19.1 Å². The second kappa shape index (κ2) is 3.92. The highest BCUT2D eigenvalue weighted by Gasteiger charge is 2.48. The second-order valence-electron chi connectivity index (χ2n) is 4.55. The molecule has 2 rings (SSSR count). The third-order valence-electron chi connectivity index (χ3n) is 3.59. The summed E-state index contributed by atoms with van der Waals surface area (Å²) >= 11 is 0. The van der Waals surface area contributed by atoms with Crippen LogP contribution in [0, 0.1) is 5.92 Å². The zero-order valence-electron chi connectivity index (χ0n) is 9.62. The van der Waals surface area contributed by atoms with Crippen molar-refractivity contribution in [2.75, 3.05) is 7.11 Å². The minimum Gasteiger partial charge on any atom is -0.472 e. The Kier molecular flexibility index (Phi) is 2.74. The fraction of sp³-hybridized carbons (Fsp3) is 0.667. The molecule has 1 atom stereocenters. The summed E-state index contributed by atoms with van der Waals surface area (Å²) in [6.45, 7) is 1.78. The summed E-state index contributed by atoms with van der Waals surface area (Å²) in [7, 11) is 1.28. The number of carbonyl (C=O) groups is 2. The minimum atomic E-state index is -0.847. The lowest BCUT2D eigenvalue weighted by Gasteiger charge is -2.29. The second-order valence-corrected chi connectivity index (χ2v) is 4.55. The molecule has 4 heteroatoms. The van der Waals surface area contributed by atoms with Gasteiger partial charge in [-0.1, -0.05) is 12.8 Å². The third kappa shape index (κ3) is 1.62. The van der Waals surface area contributed by atoms with Gasteiger partial charge in [-0.3, -0.25) is 4.79 Å². The summed E-state index contributed by atoms with van der Waals surface area (Å²) in [6, 6.07) is 0. The first-order valence-corrected chi connectivity index (χ1v) is 5.61. The van der Waals surface area contributed by atoms with E-state index in [0.29, 0.717) is 0 Å². The molecule has 0 aromatic heterocycles. The smallest absolute Gasteiger partial charge is 0.373 e. The van der Waals surface area contributed by atoms with Crippen LogP contribution in [0.5, 0.6) is 0 Å². The van der Waals surface area contributed by atoms with E-state index in [1.54, 1.807) is 6.92 Å². The number of hydrogen-bond donors (Lipinski definition) is 0. The van der Waals surface area contributed by atoms with E-state index in [2.05, 4.69) is 4.74 Å². The third-order valence-corrected chi connectivity index (χ3v) is 3.59. The van der Waals surface area contributed by atoms with Gasteiger partial charge in [-0.25, -0.2) is 4.79 Å². The number of hydrogen-bond acceptors (Lipinski definition) is 4. The zero-order valence-corrected chi connectivity index (χ0v) is 9.62. The molecular weight excluding hydrogens is 208 g/mol. The first-order chi connectivity index (χ1) is 7.58. The van der Waals surface area contributed by atoms with E-state index in [1.165, 1.54) is 13.2 Å². The standard InChI is InChI=1S/C12H16O4/c1-12(8-5-3-4-6-8)10(13)7-9(16-12)11(14)15-2/h7-8H,3-6H2,1-2H3. The van der Waals surface area contributed by atoms with Crippen LogP contribution < -0.4 is 0 Å². The van der Waals surface area contributed by atoms with Gasteiger partial charge < -0.3 is 9.47 Å². The van der Waals surface area contributed by atoms with Crippen LogP contribution in [0.1, 0.15) is 32.6 Å². The average molecular weight is 224 g/mol. The predicted molar refractivity (Wildman–Crippen MR) is 56.6 cm³/mol. The molecule has 0 radical (unpaired) electrons. The molecule has 1 heterocycles. The van der Waals surface area contributed by atoms with Crippen LogP contribution in [-0.4, -0.2) is 24.5 Å². The number of esters is 1. The van der Waals surface area contributed by atoms with E-state index in [9.17, 15) is 9.59 Å². The lowest BCUT2D eigenvalue weighted by molar-refractivity contribution is -0.146. The van der Waals surface area contributed by atoms with Gasteiger partial charge >= 0.3 is 5.97 Å². The molecule has 1 unspecified atom stereocenters. The summed E-state index contributed by atoms with van der Waals surface area (Å²) in [4.78, 5) is 23.2. The van der Waals surface area contributed by atoms with E-state index in [0.717, 1.165) is 25.7 Å². The van der Waals surface area contributed by atoms with Crippen LogP contribution in [0.4, 0.5) is 0 Å². The van der Waals surface area contributed by atoms with Gasteiger partial charge in [0, 0.05) is 12.0 Å². The highest BCUT2D eigenvalue weighted by molar-refractivity contribution is 6.05. The molecule has 0 spiro atoms. The van der Waals surface area contributed by atoms with Crippen molar-refractivity contribution >= 4 is 11.8 Å². The van der Waals surface area contributed by atoms with Crippen LogP contribution in [0.25, 0.3) is 0 Å². The Hall–Kier alpha value is -1.32. The molecule has 0 amide bonds. The Morgan fingerprint density at radius 2 is 2.12 bits per heavy atom. The molecule has 0 N–H and O–H groups in total. The van der Waals surface area contributed by atoms with E-state index in [4.69, 9.17) is 4.74 Å². The van der Waals surface area contributed by atoms with Crippen molar-refractivity contribution in [2.45, 2.75) is 38.2 Å². The van der Waals surface area contributed by atoms with E-state index in [-0.39, 0.29) is 17.5 Å². The molecule has 2 aliphatic rings. The topological polar surface area (TPSA) is 52.6 Å². The fourth-order valence-corrected chi connectivity index (χ4v) is 2.53. The minimum absolute atomic E-state index is 0.0434. The van der Waals surface area contributed by atoms with Crippen LogP contribution in [0.15, 0.2) is 11.8 Å². The number of methoxy groups -OCH3 is 1. The Morgan fingerprint density at radius 3 is 2.69 bits per heavy atom. The maximum Gasteiger partial charge on any atom is 0.373 e. The van der Waals surface area contributed by atoms with E-state index >= 15 is 0 Å². The van der Waals surface area contributed by atoms with E-state index in [1.807, 2.05) is 0 Å². The molecular formula is C12H16O4. The van der Waals surface area contributed by atoms with Crippen molar-refractivity contribution in [1.29, 1.82) is 0 Å². The maximum absolute atomic E-state index is 11.9. The van der Waals surface area contributed by atoms with Gasteiger partial charge in [0.1, 0.15) is 0 Å². The average Bonchev–Trinajstić information content (AvgIpc) is 2.87. The molecule has 1 saturated carbocycles. The van der Waals surface area contributed by atoms with Crippen LogP contribution >= 0.6 is 0 Å². The van der Waals surface area contributed by atoms with Gasteiger partial charge in [0.15, 0.2) is 5.60 Å². The lowest BCUT2D eigenvalue weighted by Crippen LogP contribution is -2.40. The number of rotatable bonds is 2. The highest BCUT2D eigenvalue weighted by atomic mass is 16.6. The summed E-state index contributed by atoms with van der Waals surface area (Å²) in [5, 5.41) is 0. The molecule has 0 aromatic carbocycles. The molecule has 0 bridgehead atoms. The number of ether oxygens (including phenoxy) is 2. The lowest BCUT2D eigenvalue weighted by atomic mass is 9.85. The van der Waals surface area contributed by atoms with Crippen LogP contribution in [0.3, 0.4) is 0 Å². The van der Waals surface area contributed by atoms with Crippen molar-refractivity contribution < 1.29 is 19.1 Å². The molecule has 0 saturated heterocycles. The number of carbonyl (C=O) groups excluding carboxylic acids is 2. The van der Waals surface area contributed by atoms with Gasteiger partial charge in [-0.15, -0.1) is 0 Å². The first-order valence-electron chi connectivity index (χ1n) is 5.61. The summed E-state index contributed by atoms with van der Waals surface area (Å²) in [6.07, 6.45) is 5.51. The van der Waals surface area contributed by atoms with Gasteiger partial charge in [-0.05, 0) is 19.8 Å². The summed E-state index contributed by atoms with van der Waals surface area (Å²) in [5.41, 5.74) is -0.847. The van der Waals surface area contributed by atoms with Crippen molar-refractivity contribution in [3.8, 4) is 0 Å². The van der Waals surface area contributed by atoms with E-state index < -0.39 is 11.6 Å². The SMILES string of the molecule is COC(=O)C1=CC(=O)C(C)(C2CCCC2)O1. The van der Waals surface area contributed by atoms with Crippen molar-refractivity contribution in [1.82, 2.24) is 0 Å². The molecule has 1 aliphatic heterocycles. The monoisotopic (exact) mass is 224 g/mol. The Bertz CT molecular complexity index is 352. The molecule has 1 fully saturated rings. The zero-order chi connectivity index (χ0) is 11.8.